The summed E-state index contributed by atoms with van der Waals surface area (Å²) in [6.07, 6.45) is 0. The molecule has 0 unspecified atom stereocenters. The molecule has 0 saturated heterocycles. The predicted octanol–water partition coefficient (Wildman–Crippen LogP) is 4.42. The Morgan fingerprint density at radius 1 is 1.11 bits per heavy atom. The average molecular weight is 534 g/mol. The van der Waals surface area contributed by atoms with Crippen LogP contribution in [0, 0.1) is 0 Å². The summed E-state index contributed by atoms with van der Waals surface area (Å²) in [5.41, 5.74) is 10.0. The van der Waals surface area contributed by atoms with E-state index in [1.165, 1.54) is 13.0 Å². The molecule has 0 radical (unpaired) electrons. The Morgan fingerprint density at radius 2 is 1.84 bits per heavy atom. The highest BCUT2D eigenvalue weighted by molar-refractivity contribution is 6.18. The van der Waals surface area contributed by atoms with Crippen molar-refractivity contribution >= 4 is 51.7 Å². The van der Waals surface area contributed by atoms with Gasteiger partial charge in [-0.05, 0) is 60.2 Å². The molecule has 196 valence electrons. The van der Waals surface area contributed by atoms with Gasteiger partial charge in [-0.25, -0.2) is 4.98 Å². The van der Waals surface area contributed by atoms with Crippen molar-refractivity contribution in [1.82, 2.24) is 9.55 Å². The molecule has 3 aromatic carbocycles. The smallest absolute Gasteiger partial charge is 0.257 e. The van der Waals surface area contributed by atoms with E-state index in [1.54, 1.807) is 43.3 Å². The number of halogens is 1. The number of nitrogens with one attached hydrogen (secondary N) is 1. The van der Waals surface area contributed by atoms with Gasteiger partial charge in [-0.2, -0.15) is 0 Å². The van der Waals surface area contributed by atoms with Crippen molar-refractivity contribution in [3.05, 3.63) is 77.4 Å². The molecule has 1 heterocycles. The van der Waals surface area contributed by atoms with Gasteiger partial charge in [-0.15, -0.1) is 11.6 Å². The van der Waals surface area contributed by atoms with Crippen LogP contribution in [0.2, 0.25) is 0 Å². The highest BCUT2D eigenvalue weighted by Crippen LogP contribution is 2.31. The average Bonchev–Trinajstić information content (AvgIpc) is 3.29. The Hall–Kier alpha value is -4.21. The van der Waals surface area contributed by atoms with Crippen LogP contribution in [0.5, 0.6) is 0 Å². The second-order valence-electron chi connectivity index (χ2n) is 8.75. The van der Waals surface area contributed by atoms with Crippen LogP contribution in [0.4, 0.5) is 11.4 Å². The number of ether oxygens (including phenoxy) is 1. The van der Waals surface area contributed by atoms with Crippen molar-refractivity contribution in [2.24, 2.45) is 5.73 Å². The van der Waals surface area contributed by atoms with Crippen LogP contribution >= 0.6 is 11.6 Å². The quantitative estimate of drug-likeness (QED) is 0.309. The van der Waals surface area contributed by atoms with Crippen molar-refractivity contribution in [2.75, 3.05) is 31.0 Å². The Bertz CT molecular complexity index is 1510. The highest BCUT2D eigenvalue weighted by Gasteiger charge is 2.21. The molecule has 0 fully saturated rings. The van der Waals surface area contributed by atoms with Gasteiger partial charge in [0, 0.05) is 56.0 Å². The molecule has 38 heavy (non-hydrogen) atoms. The second kappa shape index (κ2) is 11.5. The minimum Gasteiger partial charge on any atom is -0.383 e. The second-order valence-corrected chi connectivity index (χ2v) is 9.02. The van der Waals surface area contributed by atoms with E-state index in [0.29, 0.717) is 41.3 Å². The minimum absolute atomic E-state index is 0.0734. The molecular formula is C28H28ClN5O4. The minimum atomic E-state index is -0.588. The fourth-order valence-corrected chi connectivity index (χ4v) is 4.32. The monoisotopic (exact) mass is 533 g/mol. The lowest BCUT2D eigenvalue weighted by Gasteiger charge is -2.16. The lowest BCUT2D eigenvalue weighted by atomic mass is 10.1. The molecule has 3 N–H and O–H groups in total. The number of primary amides is 1. The van der Waals surface area contributed by atoms with Crippen molar-refractivity contribution in [3.8, 4) is 11.4 Å². The first-order valence-electron chi connectivity index (χ1n) is 11.9. The maximum atomic E-state index is 13.6. The number of alkyl halides is 1. The van der Waals surface area contributed by atoms with Crippen LogP contribution < -0.4 is 16.0 Å². The Kier molecular flexibility index (Phi) is 8.09. The fraction of sp³-hybridized carbons (Fsp3) is 0.214. The molecule has 0 atom stereocenters. The van der Waals surface area contributed by atoms with E-state index in [0.717, 1.165) is 16.8 Å². The normalized spacial score (nSPS) is 10.9. The Labute approximate surface area is 225 Å². The topological polar surface area (TPSA) is 120 Å². The summed E-state index contributed by atoms with van der Waals surface area (Å²) in [7, 11) is 3.32. The van der Waals surface area contributed by atoms with E-state index in [-0.39, 0.29) is 23.3 Å². The number of hydrogen-bond donors (Lipinski definition) is 2. The Morgan fingerprint density at radius 3 is 2.47 bits per heavy atom. The lowest BCUT2D eigenvalue weighted by molar-refractivity contribution is -0.116. The number of imidazole rings is 1. The van der Waals surface area contributed by atoms with Crippen molar-refractivity contribution < 1.29 is 19.1 Å². The zero-order chi connectivity index (χ0) is 27.4. The summed E-state index contributed by atoms with van der Waals surface area (Å²) < 4.78 is 7.29. The zero-order valence-electron chi connectivity index (χ0n) is 21.3. The lowest BCUT2D eigenvalue weighted by Crippen LogP contribution is -2.22. The van der Waals surface area contributed by atoms with E-state index >= 15 is 0 Å². The van der Waals surface area contributed by atoms with Gasteiger partial charge >= 0.3 is 0 Å². The molecular weight excluding hydrogens is 506 g/mol. The summed E-state index contributed by atoms with van der Waals surface area (Å²) in [4.78, 5) is 43.3. The molecule has 0 spiro atoms. The predicted molar refractivity (Wildman–Crippen MR) is 149 cm³/mol. The first-order chi connectivity index (χ1) is 18.2. The van der Waals surface area contributed by atoms with Crippen molar-refractivity contribution in [2.45, 2.75) is 19.3 Å². The van der Waals surface area contributed by atoms with Crippen LogP contribution in [0.25, 0.3) is 22.4 Å². The number of anilines is 2. The molecule has 9 nitrogen and oxygen atoms in total. The third-order valence-electron chi connectivity index (χ3n) is 6.21. The number of benzene rings is 3. The van der Waals surface area contributed by atoms with Crippen LogP contribution in [-0.4, -0.2) is 48.0 Å². The molecule has 10 heteroatoms. The van der Waals surface area contributed by atoms with E-state index in [4.69, 9.17) is 27.1 Å². The number of amides is 3. The number of rotatable bonds is 9. The molecule has 4 rings (SSSR count). The van der Waals surface area contributed by atoms with Crippen LogP contribution in [0.1, 0.15) is 33.2 Å². The molecule has 0 aliphatic heterocycles. The van der Waals surface area contributed by atoms with Gasteiger partial charge in [-0.1, -0.05) is 6.07 Å². The maximum absolute atomic E-state index is 13.6. The number of fused-ring (bicyclic) bond motifs is 1. The first kappa shape index (κ1) is 26.8. The number of nitrogens with zero attached hydrogens (tertiary/aromatic N) is 3. The molecule has 4 aromatic rings. The van der Waals surface area contributed by atoms with Crippen molar-refractivity contribution in [3.63, 3.8) is 0 Å². The number of hydrogen-bond acceptors (Lipinski definition) is 5. The zero-order valence-corrected chi connectivity index (χ0v) is 22.1. The summed E-state index contributed by atoms with van der Waals surface area (Å²) >= 11 is 6.17. The molecule has 0 saturated carbocycles. The number of carbonyl (C=O) groups is 3. The SMILES string of the molecule is COCCn1c(-c2ccc(N(C)C(C)=O)cc2)nc2cc(CCl)cc(C(=O)Nc3cccc(C(N)=O)c3)c21. The van der Waals surface area contributed by atoms with Gasteiger partial charge < -0.3 is 25.3 Å². The van der Waals surface area contributed by atoms with E-state index in [2.05, 4.69) is 5.32 Å². The summed E-state index contributed by atoms with van der Waals surface area (Å²) in [6, 6.07) is 17.5. The van der Waals surface area contributed by atoms with Gasteiger partial charge in [0.25, 0.3) is 5.91 Å². The number of methoxy groups -OCH3 is 1. The first-order valence-corrected chi connectivity index (χ1v) is 12.4. The number of aromatic nitrogens is 2. The summed E-state index contributed by atoms with van der Waals surface area (Å²) in [5, 5.41) is 2.86. The van der Waals surface area contributed by atoms with Crippen LogP contribution in [0.15, 0.2) is 60.7 Å². The van der Waals surface area contributed by atoms with Gasteiger partial charge in [0.1, 0.15) is 5.82 Å². The van der Waals surface area contributed by atoms with E-state index in [1.807, 2.05) is 34.9 Å². The Balaban J connectivity index is 1.83. The molecule has 1 aromatic heterocycles. The standard InChI is InChI=1S/C28H28ClN5O4/c1-17(35)33(2)22-9-7-19(8-10-22)27-32-24-14-18(16-29)13-23(25(24)34(27)11-12-38-3)28(37)31-21-6-4-5-20(15-21)26(30)36/h4-10,13-15H,11-12,16H2,1-3H3,(H2,30,36)(H,31,37). The maximum Gasteiger partial charge on any atom is 0.257 e. The van der Waals surface area contributed by atoms with Gasteiger partial charge in [0.15, 0.2) is 0 Å². The molecule has 0 aliphatic rings. The molecule has 0 aliphatic carbocycles. The fourth-order valence-electron chi connectivity index (χ4n) is 4.16. The number of carbonyl (C=O) groups excluding carboxylic acids is 3. The van der Waals surface area contributed by atoms with Crippen LogP contribution in [0.3, 0.4) is 0 Å². The van der Waals surface area contributed by atoms with Gasteiger partial charge in [0.05, 0.1) is 23.2 Å². The largest absolute Gasteiger partial charge is 0.383 e. The highest BCUT2D eigenvalue weighted by atomic mass is 35.5. The number of nitrogens with two attached hydrogens (primary N) is 1. The molecule has 0 bridgehead atoms. The van der Waals surface area contributed by atoms with Gasteiger partial charge in [0.2, 0.25) is 11.8 Å². The van der Waals surface area contributed by atoms with Gasteiger partial charge in [-0.3, -0.25) is 14.4 Å². The molecule has 3 amide bonds. The summed E-state index contributed by atoms with van der Waals surface area (Å²) in [6.45, 7) is 2.33. The van der Waals surface area contributed by atoms with Crippen LogP contribution in [-0.2, 0) is 22.0 Å². The summed E-state index contributed by atoms with van der Waals surface area (Å²) in [5.74, 6) is -0.205. The van der Waals surface area contributed by atoms with Crippen molar-refractivity contribution in [1.29, 1.82) is 0 Å². The van der Waals surface area contributed by atoms with E-state index in [9.17, 15) is 14.4 Å². The third-order valence-corrected chi connectivity index (χ3v) is 6.52. The third kappa shape index (κ3) is 5.53. The van der Waals surface area contributed by atoms with E-state index < -0.39 is 5.91 Å².